The number of hydrogen-bond acceptors (Lipinski definition) is 4. The number of ether oxygens (including phenoxy) is 2. The van der Waals surface area contributed by atoms with Crippen LogP contribution in [0, 0.1) is 0 Å². The maximum Gasteiger partial charge on any atom is 0.0587 e. The predicted molar refractivity (Wildman–Crippen MR) is 63.3 cm³/mol. The van der Waals surface area contributed by atoms with E-state index in [1.807, 2.05) is 6.92 Å². The van der Waals surface area contributed by atoms with Crippen molar-refractivity contribution in [3.8, 4) is 0 Å². The quantitative estimate of drug-likeness (QED) is 0.499. The average Bonchev–Trinajstić information content (AvgIpc) is 2.24. The molecule has 92 valence electrons. The first-order valence-corrected chi connectivity index (χ1v) is 5.82. The van der Waals surface area contributed by atoms with Crippen molar-refractivity contribution in [2.75, 3.05) is 46.6 Å². The highest BCUT2D eigenvalue weighted by atomic mass is 16.5. The Hall–Kier alpha value is -0.160. The summed E-state index contributed by atoms with van der Waals surface area (Å²) in [5.41, 5.74) is 0. The van der Waals surface area contributed by atoms with Crippen LogP contribution in [0.5, 0.6) is 0 Å². The molecule has 0 bridgehead atoms. The first-order chi connectivity index (χ1) is 7.31. The van der Waals surface area contributed by atoms with Gasteiger partial charge in [-0.2, -0.15) is 0 Å². The third kappa shape index (κ3) is 11.8. The highest BCUT2D eigenvalue weighted by Crippen LogP contribution is 1.83. The molecule has 0 aliphatic heterocycles. The van der Waals surface area contributed by atoms with E-state index < -0.39 is 0 Å². The summed E-state index contributed by atoms with van der Waals surface area (Å²) in [6, 6.07) is 0.503. The maximum atomic E-state index is 5.26. The van der Waals surface area contributed by atoms with Gasteiger partial charge in [-0.05, 0) is 26.8 Å². The summed E-state index contributed by atoms with van der Waals surface area (Å²) in [6.07, 6.45) is 1.08. The van der Waals surface area contributed by atoms with Crippen LogP contribution in [0.15, 0.2) is 0 Å². The van der Waals surface area contributed by atoms with Gasteiger partial charge in [0.2, 0.25) is 0 Å². The average molecular weight is 218 g/mol. The van der Waals surface area contributed by atoms with Gasteiger partial charge in [0.05, 0.1) is 6.61 Å². The second kappa shape index (κ2) is 11.9. The lowest BCUT2D eigenvalue weighted by atomic mass is 10.3. The summed E-state index contributed by atoms with van der Waals surface area (Å²) in [6.45, 7) is 9.57. The molecule has 0 saturated heterocycles. The van der Waals surface area contributed by atoms with Crippen LogP contribution in [0.4, 0.5) is 0 Å². The molecule has 0 saturated carbocycles. The zero-order chi connectivity index (χ0) is 11.4. The second-order valence-corrected chi connectivity index (χ2v) is 3.60. The largest absolute Gasteiger partial charge is 0.383 e. The van der Waals surface area contributed by atoms with E-state index in [1.54, 1.807) is 7.11 Å². The molecular formula is C11H26N2O2. The van der Waals surface area contributed by atoms with Crippen LogP contribution < -0.4 is 10.6 Å². The van der Waals surface area contributed by atoms with Crippen LogP contribution in [0.1, 0.15) is 20.3 Å². The molecular weight excluding hydrogens is 192 g/mol. The molecule has 0 aromatic rings. The topological polar surface area (TPSA) is 42.5 Å². The summed E-state index contributed by atoms with van der Waals surface area (Å²) >= 11 is 0. The molecule has 0 rings (SSSR count). The minimum absolute atomic E-state index is 0.503. The Morgan fingerprint density at radius 1 is 1.20 bits per heavy atom. The standard InChI is InChI=1S/C11H26N2O2/c1-4-15-8-5-6-13-11(2)10-12-7-9-14-3/h11-13H,4-10H2,1-3H3. The lowest BCUT2D eigenvalue weighted by Gasteiger charge is -2.14. The van der Waals surface area contributed by atoms with Gasteiger partial charge in [0.1, 0.15) is 0 Å². The molecule has 0 aliphatic rings. The Morgan fingerprint density at radius 3 is 2.67 bits per heavy atom. The SMILES string of the molecule is CCOCCCNC(C)CNCCOC. The Balaban J connectivity index is 3.08. The van der Waals surface area contributed by atoms with Crippen molar-refractivity contribution in [1.82, 2.24) is 10.6 Å². The fraction of sp³-hybridized carbons (Fsp3) is 1.00. The summed E-state index contributed by atoms with van der Waals surface area (Å²) in [4.78, 5) is 0. The fourth-order valence-electron chi connectivity index (χ4n) is 1.23. The van der Waals surface area contributed by atoms with Crippen LogP contribution >= 0.6 is 0 Å². The third-order valence-corrected chi connectivity index (χ3v) is 2.10. The van der Waals surface area contributed by atoms with Gasteiger partial charge in [0, 0.05) is 39.5 Å². The van der Waals surface area contributed by atoms with E-state index in [4.69, 9.17) is 9.47 Å². The Morgan fingerprint density at radius 2 is 2.00 bits per heavy atom. The highest BCUT2D eigenvalue weighted by molar-refractivity contribution is 4.63. The zero-order valence-electron chi connectivity index (χ0n) is 10.3. The molecule has 0 aromatic heterocycles. The van der Waals surface area contributed by atoms with Crippen molar-refractivity contribution in [3.63, 3.8) is 0 Å². The molecule has 4 nitrogen and oxygen atoms in total. The van der Waals surface area contributed by atoms with Gasteiger partial charge in [-0.15, -0.1) is 0 Å². The third-order valence-electron chi connectivity index (χ3n) is 2.10. The van der Waals surface area contributed by atoms with E-state index in [1.165, 1.54) is 0 Å². The molecule has 15 heavy (non-hydrogen) atoms. The van der Waals surface area contributed by atoms with E-state index >= 15 is 0 Å². The zero-order valence-corrected chi connectivity index (χ0v) is 10.3. The van der Waals surface area contributed by atoms with Gasteiger partial charge in [-0.25, -0.2) is 0 Å². The summed E-state index contributed by atoms with van der Waals surface area (Å²) in [5, 5.41) is 6.75. The normalized spacial score (nSPS) is 13.0. The smallest absolute Gasteiger partial charge is 0.0587 e. The van der Waals surface area contributed by atoms with Crippen molar-refractivity contribution in [2.45, 2.75) is 26.3 Å². The van der Waals surface area contributed by atoms with Crippen LogP contribution in [-0.4, -0.2) is 52.6 Å². The van der Waals surface area contributed by atoms with Gasteiger partial charge >= 0.3 is 0 Å². The Bertz CT molecular complexity index is 123. The molecule has 0 amide bonds. The van der Waals surface area contributed by atoms with E-state index in [0.717, 1.165) is 45.9 Å². The van der Waals surface area contributed by atoms with E-state index in [0.29, 0.717) is 6.04 Å². The molecule has 0 aliphatic carbocycles. The van der Waals surface area contributed by atoms with Crippen molar-refractivity contribution >= 4 is 0 Å². The molecule has 0 radical (unpaired) electrons. The van der Waals surface area contributed by atoms with Crippen molar-refractivity contribution < 1.29 is 9.47 Å². The van der Waals surface area contributed by atoms with E-state index in [9.17, 15) is 0 Å². The van der Waals surface area contributed by atoms with Gasteiger partial charge < -0.3 is 20.1 Å². The number of hydrogen-bond donors (Lipinski definition) is 2. The van der Waals surface area contributed by atoms with Gasteiger partial charge in [0.25, 0.3) is 0 Å². The van der Waals surface area contributed by atoms with E-state index in [-0.39, 0.29) is 0 Å². The monoisotopic (exact) mass is 218 g/mol. The molecule has 0 aromatic carbocycles. The summed E-state index contributed by atoms with van der Waals surface area (Å²) < 4.78 is 10.2. The van der Waals surface area contributed by atoms with Crippen LogP contribution in [-0.2, 0) is 9.47 Å². The molecule has 1 atom stereocenters. The van der Waals surface area contributed by atoms with Crippen molar-refractivity contribution in [3.05, 3.63) is 0 Å². The summed E-state index contributed by atoms with van der Waals surface area (Å²) in [7, 11) is 1.72. The number of methoxy groups -OCH3 is 1. The first kappa shape index (κ1) is 14.8. The second-order valence-electron chi connectivity index (χ2n) is 3.60. The molecule has 2 N–H and O–H groups in total. The van der Waals surface area contributed by atoms with E-state index in [2.05, 4.69) is 17.6 Å². The molecule has 1 unspecified atom stereocenters. The number of rotatable bonds is 11. The lowest BCUT2D eigenvalue weighted by molar-refractivity contribution is 0.144. The lowest BCUT2D eigenvalue weighted by Crippen LogP contribution is -2.38. The highest BCUT2D eigenvalue weighted by Gasteiger charge is 1.99. The molecule has 0 spiro atoms. The van der Waals surface area contributed by atoms with Gasteiger partial charge in [-0.3, -0.25) is 0 Å². The van der Waals surface area contributed by atoms with Crippen molar-refractivity contribution in [1.29, 1.82) is 0 Å². The van der Waals surface area contributed by atoms with Gasteiger partial charge in [0.15, 0.2) is 0 Å². The predicted octanol–water partition coefficient (Wildman–Crippen LogP) is 0.627. The fourth-order valence-corrected chi connectivity index (χ4v) is 1.23. The Labute approximate surface area is 93.7 Å². The Kier molecular flexibility index (Phi) is 11.8. The van der Waals surface area contributed by atoms with Crippen LogP contribution in [0.25, 0.3) is 0 Å². The van der Waals surface area contributed by atoms with Gasteiger partial charge in [-0.1, -0.05) is 0 Å². The number of nitrogens with one attached hydrogen (secondary N) is 2. The first-order valence-electron chi connectivity index (χ1n) is 5.82. The van der Waals surface area contributed by atoms with Crippen molar-refractivity contribution in [2.24, 2.45) is 0 Å². The summed E-state index contributed by atoms with van der Waals surface area (Å²) in [5.74, 6) is 0. The molecule has 4 heteroatoms. The van der Waals surface area contributed by atoms with Crippen LogP contribution in [0.3, 0.4) is 0 Å². The van der Waals surface area contributed by atoms with Crippen LogP contribution in [0.2, 0.25) is 0 Å². The molecule has 0 fully saturated rings. The molecule has 0 heterocycles. The maximum absolute atomic E-state index is 5.26. The minimum atomic E-state index is 0.503. The minimum Gasteiger partial charge on any atom is -0.383 e.